The largest absolute Gasteiger partial charge is 0.394 e. The first-order valence-corrected chi connectivity index (χ1v) is 39.1. The standard InChI is InChI=1S/C78H151NO8/c1-3-5-7-9-11-13-15-17-19-21-23-25-27-29-31-33-34-35-36-37-38-40-42-44-46-48-50-52-54-56-58-60-62-64-66-68-74(82)79-71(70-86-78-77(85)76(84)75(83)73(69-80)87-78)72(81)67-65-63-61-59-57-55-53-51-49-47-45-43-41-39-32-30-28-26-24-22-20-18-16-14-12-10-8-6-4-2/h57,59,65,67,71-73,75-78,80-81,83-85H,3-56,58,60-64,66,68-70H2,1-2H3,(H,79,82)/b59-57+,67-65+. The van der Waals surface area contributed by atoms with Crippen LogP contribution in [0.3, 0.4) is 0 Å². The van der Waals surface area contributed by atoms with Gasteiger partial charge in [-0.25, -0.2) is 0 Å². The maximum atomic E-state index is 13.2. The third-order valence-corrected chi connectivity index (χ3v) is 19.0. The van der Waals surface area contributed by atoms with Gasteiger partial charge in [0.15, 0.2) is 6.29 Å². The molecule has 0 aromatic rings. The summed E-state index contributed by atoms with van der Waals surface area (Å²) in [4.78, 5) is 13.2. The monoisotopic (exact) mass is 1230 g/mol. The Labute approximate surface area is 540 Å². The van der Waals surface area contributed by atoms with Gasteiger partial charge in [-0.05, 0) is 32.1 Å². The van der Waals surface area contributed by atoms with Gasteiger partial charge >= 0.3 is 0 Å². The normalized spacial score (nSPS) is 18.0. The third-order valence-electron chi connectivity index (χ3n) is 19.0. The zero-order chi connectivity index (χ0) is 62.8. The molecule has 87 heavy (non-hydrogen) atoms. The average molecular weight is 1230 g/mol. The van der Waals surface area contributed by atoms with Crippen molar-refractivity contribution < 1.29 is 39.8 Å². The lowest BCUT2D eigenvalue weighted by molar-refractivity contribution is -0.302. The van der Waals surface area contributed by atoms with Crippen LogP contribution >= 0.6 is 0 Å². The first-order chi connectivity index (χ1) is 42.8. The predicted molar refractivity (Wildman–Crippen MR) is 374 cm³/mol. The Bertz CT molecular complexity index is 1430. The molecule has 0 aromatic carbocycles. The zero-order valence-corrected chi connectivity index (χ0v) is 58.1. The van der Waals surface area contributed by atoms with Crippen molar-refractivity contribution in [3.8, 4) is 0 Å². The lowest BCUT2D eigenvalue weighted by atomic mass is 9.99. The number of amides is 1. The van der Waals surface area contributed by atoms with Crippen LogP contribution in [-0.2, 0) is 14.3 Å². The number of nitrogens with one attached hydrogen (secondary N) is 1. The number of aliphatic hydroxyl groups is 5. The van der Waals surface area contributed by atoms with E-state index < -0.39 is 49.5 Å². The lowest BCUT2D eigenvalue weighted by Crippen LogP contribution is -2.60. The summed E-state index contributed by atoms with van der Waals surface area (Å²) in [6, 6.07) is -0.821. The van der Waals surface area contributed by atoms with Crippen molar-refractivity contribution in [3.63, 3.8) is 0 Å². The maximum Gasteiger partial charge on any atom is 0.220 e. The smallest absolute Gasteiger partial charge is 0.220 e. The molecule has 9 nitrogen and oxygen atoms in total. The summed E-state index contributed by atoms with van der Waals surface area (Å²) in [5.41, 5.74) is 0. The van der Waals surface area contributed by atoms with Crippen LogP contribution in [0.5, 0.6) is 0 Å². The SMILES string of the molecule is CCCCCCCCCCCCCCCCCCCCCCCCC/C=C/CC/C=C/C(O)C(COC1OC(CO)C(O)C(O)C1O)NC(=O)CCCCCCCCCCCCCCCCCCCCCCCCCCCCCCCCCCCCC. The summed E-state index contributed by atoms with van der Waals surface area (Å²) in [6.07, 6.45) is 83.3. The minimum atomic E-state index is -1.57. The number of carbonyl (C=O) groups is 1. The van der Waals surface area contributed by atoms with Crippen molar-refractivity contribution in [2.75, 3.05) is 13.2 Å². The zero-order valence-electron chi connectivity index (χ0n) is 58.1. The molecular formula is C78H151NO8. The Morgan fingerprint density at radius 2 is 0.655 bits per heavy atom. The summed E-state index contributed by atoms with van der Waals surface area (Å²) in [5.74, 6) is -0.176. The second-order valence-corrected chi connectivity index (χ2v) is 27.5. The van der Waals surface area contributed by atoms with Crippen molar-refractivity contribution >= 4 is 5.91 Å². The topological polar surface area (TPSA) is 149 Å². The summed E-state index contributed by atoms with van der Waals surface area (Å²) < 4.78 is 11.3. The first-order valence-electron chi connectivity index (χ1n) is 39.1. The average Bonchev–Trinajstić information content (AvgIpc) is 3.38. The van der Waals surface area contributed by atoms with Gasteiger partial charge in [-0.1, -0.05) is 398 Å². The number of rotatable bonds is 70. The second kappa shape index (κ2) is 67.6. The Morgan fingerprint density at radius 1 is 0.379 bits per heavy atom. The number of allylic oxidation sites excluding steroid dienone is 3. The molecule has 7 atom stereocenters. The fourth-order valence-corrected chi connectivity index (χ4v) is 12.9. The molecule has 1 amide bonds. The number of carbonyl (C=O) groups excluding carboxylic acids is 1. The highest BCUT2D eigenvalue weighted by Crippen LogP contribution is 2.24. The van der Waals surface area contributed by atoms with Crippen LogP contribution in [0.2, 0.25) is 0 Å². The quantitative estimate of drug-likeness (QED) is 0.0261. The van der Waals surface area contributed by atoms with Gasteiger partial charge in [-0.15, -0.1) is 0 Å². The molecule has 9 heteroatoms. The van der Waals surface area contributed by atoms with E-state index in [-0.39, 0.29) is 12.5 Å². The molecule has 0 saturated carbocycles. The third kappa shape index (κ3) is 56.0. The molecule has 6 N–H and O–H groups in total. The van der Waals surface area contributed by atoms with Gasteiger partial charge in [0.1, 0.15) is 24.4 Å². The van der Waals surface area contributed by atoms with Crippen LogP contribution < -0.4 is 5.32 Å². The van der Waals surface area contributed by atoms with Crippen molar-refractivity contribution in [2.24, 2.45) is 0 Å². The molecule has 1 heterocycles. The van der Waals surface area contributed by atoms with Gasteiger partial charge in [-0.2, -0.15) is 0 Å². The molecule has 0 aliphatic carbocycles. The van der Waals surface area contributed by atoms with E-state index in [1.165, 1.54) is 353 Å². The van der Waals surface area contributed by atoms with Crippen LogP contribution in [0.1, 0.15) is 412 Å². The highest BCUT2D eigenvalue weighted by atomic mass is 16.7. The van der Waals surface area contributed by atoms with Crippen LogP contribution in [0.4, 0.5) is 0 Å². The summed E-state index contributed by atoms with van der Waals surface area (Å²) in [6.45, 7) is 3.84. The van der Waals surface area contributed by atoms with Crippen molar-refractivity contribution in [1.82, 2.24) is 5.32 Å². The molecule has 1 fully saturated rings. The maximum absolute atomic E-state index is 13.2. The summed E-state index contributed by atoms with van der Waals surface area (Å²) in [5, 5.41) is 54.8. The number of unbranched alkanes of at least 4 members (excludes halogenated alkanes) is 58. The highest BCUT2D eigenvalue weighted by molar-refractivity contribution is 5.76. The van der Waals surface area contributed by atoms with Crippen LogP contribution in [-0.4, -0.2) is 87.5 Å². The van der Waals surface area contributed by atoms with Crippen molar-refractivity contribution in [3.05, 3.63) is 24.3 Å². The van der Waals surface area contributed by atoms with E-state index in [1.807, 2.05) is 6.08 Å². The van der Waals surface area contributed by atoms with E-state index >= 15 is 0 Å². The van der Waals surface area contributed by atoms with Gasteiger partial charge in [0.05, 0.1) is 25.4 Å². The Kier molecular flexibility index (Phi) is 65.0. The number of ether oxygens (including phenoxy) is 2. The molecule has 1 saturated heterocycles. The van der Waals surface area contributed by atoms with E-state index in [0.717, 1.165) is 38.5 Å². The molecule has 1 aliphatic heterocycles. The molecular weight excluding hydrogens is 1080 g/mol. The van der Waals surface area contributed by atoms with Crippen LogP contribution in [0, 0.1) is 0 Å². The molecule has 0 aromatic heterocycles. The van der Waals surface area contributed by atoms with Crippen molar-refractivity contribution in [2.45, 2.75) is 455 Å². The van der Waals surface area contributed by atoms with Gasteiger partial charge < -0.3 is 40.3 Å². The molecule has 0 spiro atoms. The highest BCUT2D eigenvalue weighted by Gasteiger charge is 2.44. The fourth-order valence-electron chi connectivity index (χ4n) is 12.9. The second-order valence-electron chi connectivity index (χ2n) is 27.5. The van der Waals surface area contributed by atoms with Gasteiger partial charge in [-0.3, -0.25) is 4.79 Å². The number of hydrogen-bond acceptors (Lipinski definition) is 8. The van der Waals surface area contributed by atoms with Crippen LogP contribution in [0.15, 0.2) is 24.3 Å². The van der Waals surface area contributed by atoms with E-state index in [9.17, 15) is 30.3 Å². The minimum absolute atomic E-state index is 0.176. The molecule has 7 unspecified atom stereocenters. The van der Waals surface area contributed by atoms with E-state index in [0.29, 0.717) is 6.42 Å². The van der Waals surface area contributed by atoms with Gasteiger partial charge in [0.2, 0.25) is 5.91 Å². The van der Waals surface area contributed by atoms with E-state index in [2.05, 4.69) is 31.3 Å². The molecule has 1 aliphatic rings. The number of hydrogen-bond donors (Lipinski definition) is 6. The molecule has 1 rings (SSSR count). The molecule has 0 radical (unpaired) electrons. The first kappa shape index (κ1) is 83.7. The Hall–Kier alpha value is -1.33. The molecule has 0 bridgehead atoms. The Balaban J connectivity index is 2.08. The van der Waals surface area contributed by atoms with Crippen molar-refractivity contribution in [1.29, 1.82) is 0 Å². The van der Waals surface area contributed by atoms with E-state index in [1.54, 1.807) is 6.08 Å². The van der Waals surface area contributed by atoms with Crippen LogP contribution in [0.25, 0.3) is 0 Å². The van der Waals surface area contributed by atoms with Gasteiger partial charge in [0, 0.05) is 6.42 Å². The predicted octanol–water partition coefficient (Wildman–Crippen LogP) is 22.0. The minimum Gasteiger partial charge on any atom is -0.394 e. The summed E-state index contributed by atoms with van der Waals surface area (Å²) >= 11 is 0. The van der Waals surface area contributed by atoms with E-state index in [4.69, 9.17) is 9.47 Å². The molecule has 516 valence electrons. The Morgan fingerprint density at radius 3 is 0.966 bits per heavy atom. The van der Waals surface area contributed by atoms with Gasteiger partial charge in [0.25, 0.3) is 0 Å². The number of aliphatic hydroxyl groups excluding tert-OH is 5. The lowest BCUT2D eigenvalue weighted by Gasteiger charge is -2.40. The fraction of sp³-hybridized carbons (Fsp3) is 0.936. The summed E-state index contributed by atoms with van der Waals surface area (Å²) in [7, 11) is 0.